The van der Waals surface area contributed by atoms with E-state index in [-0.39, 0.29) is 0 Å². The molecule has 13 rings (SSSR count). The molecule has 8 aromatic carbocycles. The fourth-order valence-electron chi connectivity index (χ4n) is 8.65. The molecule has 0 saturated heterocycles. The summed E-state index contributed by atoms with van der Waals surface area (Å²) in [5.41, 5.74) is 3.97. The Balaban J connectivity index is 1.13. The predicted molar refractivity (Wildman–Crippen MR) is 257 cm³/mol. The van der Waals surface area contributed by atoms with Gasteiger partial charge in [-0.1, -0.05) is 91.0 Å². The average Bonchev–Trinajstić information content (AvgIpc) is 4.06. The molecule has 59 heavy (non-hydrogen) atoms. The van der Waals surface area contributed by atoms with Gasteiger partial charge in [0.1, 0.15) is 0 Å². The van der Waals surface area contributed by atoms with E-state index in [0.29, 0.717) is 17.6 Å². The number of rotatable bonds is 5. The van der Waals surface area contributed by atoms with E-state index in [1.165, 1.54) is 80.7 Å². The fourth-order valence-corrected chi connectivity index (χ4v) is 13.2. The van der Waals surface area contributed by atoms with Crippen molar-refractivity contribution in [2.45, 2.75) is 0 Å². The van der Waals surface area contributed by atoms with Crippen LogP contribution in [0.15, 0.2) is 170 Å². The average molecular weight is 825 g/mol. The van der Waals surface area contributed by atoms with Gasteiger partial charge in [0, 0.05) is 87.1 Å². The Morgan fingerprint density at radius 2 is 0.763 bits per heavy atom. The van der Waals surface area contributed by atoms with Crippen LogP contribution >= 0.6 is 45.3 Å². The van der Waals surface area contributed by atoms with E-state index < -0.39 is 0 Å². The molecule has 0 N–H and O–H groups in total. The van der Waals surface area contributed by atoms with Crippen molar-refractivity contribution in [2.75, 3.05) is 4.90 Å². The largest absolute Gasteiger partial charge is 0.277 e. The number of thiophene rings is 4. The van der Waals surface area contributed by atoms with Gasteiger partial charge < -0.3 is 0 Å². The molecule has 0 spiro atoms. The molecular formula is C51H28N4S4. The van der Waals surface area contributed by atoms with Crippen LogP contribution in [-0.2, 0) is 0 Å². The van der Waals surface area contributed by atoms with Crippen molar-refractivity contribution < 1.29 is 0 Å². The number of nitrogens with zero attached hydrogens (tertiary/aromatic N) is 4. The van der Waals surface area contributed by atoms with Gasteiger partial charge >= 0.3 is 0 Å². The SMILES string of the molecule is c1ccc2c(c1)sc1ccc(-c3nc(-c4ccc5sc6ccccc6c5c4)nc(N(c4cccc5c4sc4ccccc45)c4cccc5sc6ccccc6c45)n3)cc12. The third-order valence-electron chi connectivity index (χ3n) is 11.3. The predicted octanol–water partition coefficient (Wildman–Crippen LogP) is 16.1. The summed E-state index contributed by atoms with van der Waals surface area (Å²) >= 11 is 7.28. The van der Waals surface area contributed by atoms with Gasteiger partial charge in [-0.05, 0) is 78.9 Å². The van der Waals surface area contributed by atoms with Gasteiger partial charge in [-0.2, -0.15) is 9.97 Å². The van der Waals surface area contributed by atoms with E-state index in [2.05, 4.69) is 175 Å². The van der Waals surface area contributed by atoms with Gasteiger partial charge in [0.05, 0.1) is 16.1 Å². The first-order valence-corrected chi connectivity index (χ1v) is 22.7. The van der Waals surface area contributed by atoms with E-state index in [1.807, 2.05) is 45.3 Å². The van der Waals surface area contributed by atoms with Crippen molar-refractivity contribution in [3.8, 4) is 22.8 Å². The first-order valence-electron chi connectivity index (χ1n) is 19.4. The molecule has 0 unspecified atom stereocenters. The molecule has 0 bridgehead atoms. The van der Waals surface area contributed by atoms with E-state index in [4.69, 9.17) is 15.0 Å². The second-order valence-electron chi connectivity index (χ2n) is 14.7. The molecule has 5 aromatic heterocycles. The monoisotopic (exact) mass is 824 g/mol. The zero-order valence-corrected chi connectivity index (χ0v) is 34.4. The van der Waals surface area contributed by atoms with Crippen LogP contribution in [0.4, 0.5) is 17.3 Å². The van der Waals surface area contributed by atoms with Crippen molar-refractivity contribution in [3.05, 3.63) is 170 Å². The third-order valence-corrected chi connectivity index (χ3v) is 16.0. The summed E-state index contributed by atoms with van der Waals surface area (Å²) < 4.78 is 9.93. The first-order chi connectivity index (χ1) is 29.2. The third kappa shape index (κ3) is 5.21. The second kappa shape index (κ2) is 13.0. The number of hydrogen-bond acceptors (Lipinski definition) is 8. The zero-order valence-electron chi connectivity index (χ0n) is 31.1. The molecule has 0 radical (unpaired) electrons. The summed E-state index contributed by atoms with van der Waals surface area (Å²) in [7, 11) is 0. The lowest BCUT2D eigenvalue weighted by molar-refractivity contribution is 1.03. The van der Waals surface area contributed by atoms with Gasteiger partial charge in [0.2, 0.25) is 5.95 Å². The Morgan fingerprint density at radius 3 is 1.39 bits per heavy atom. The normalized spacial score (nSPS) is 12.1. The highest BCUT2D eigenvalue weighted by Crippen LogP contribution is 2.49. The minimum atomic E-state index is 0.572. The summed E-state index contributed by atoms with van der Waals surface area (Å²) in [5, 5.41) is 9.77. The zero-order chi connectivity index (χ0) is 38.6. The molecule has 4 nitrogen and oxygen atoms in total. The maximum absolute atomic E-state index is 5.50. The van der Waals surface area contributed by atoms with Crippen molar-refractivity contribution in [1.29, 1.82) is 0 Å². The molecule has 8 heteroatoms. The van der Waals surface area contributed by atoms with Crippen LogP contribution in [0.2, 0.25) is 0 Å². The summed E-state index contributed by atoms with van der Waals surface area (Å²) in [4.78, 5) is 18.7. The van der Waals surface area contributed by atoms with E-state index in [9.17, 15) is 0 Å². The molecule has 0 atom stereocenters. The van der Waals surface area contributed by atoms with Gasteiger partial charge in [0.25, 0.3) is 0 Å². The van der Waals surface area contributed by atoms with Crippen LogP contribution in [0, 0.1) is 0 Å². The Bertz CT molecular complexity index is 3700. The Kier molecular flexibility index (Phi) is 7.35. The Morgan fingerprint density at radius 1 is 0.322 bits per heavy atom. The number of benzene rings is 8. The van der Waals surface area contributed by atoms with Crippen LogP contribution in [0.3, 0.4) is 0 Å². The Hall–Kier alpha value is -6.55. The highest BCUT2D eigenvalue weighted by Gasteiger charge is 2.26. The fraction of sp³-hybridized carbons (Fsp3) is 0. The molecular weight excluding hydrogens is 797 g/mol. The van der Waals surface area contributed by atoms with Gasteiger partial charge in [-0.15, -0.1) is 45.3 Å². The first kappa shape index (κ1) is 33.4. The molecule has 0 amide bonds. The molecule has 0 saturated carbocycles. The smallest absolute Gasteiger partial charge is 0.238 e. The van der Waals surface area contributed by atoms with Crippen LogP contribution in [0.25, 0.3) is 103 Å². The topological polar surface area (TPSA) is 41.9 Å². The molecule has 13 aromatic rings. The van der Waals surface area contributed by atoms with Gasteiger partial charge in [0.15, 0.2) is 11.6 Å². The van der Waals surface area contributed by atoms with Crippen molar-refractivity contribution in [1.82, 2.24) is 15.0 Å². The highest BCUT2D eigenvalue weighted by atomic mass is 32.1. The minimum Gasteiger partial charge on any atom is -0.277 e. The maximum atomic E-state index is 5.50. The highest BCUT2D eigenvalue weighted by molar-refractivity contribution is 7.27. The van der Waals surface area contributed by atoms with Gasteiger partial charge in [-0.25, -0.2) is 4.98 Å². The standard InChI is InChI=1S/C51H28N4S4/c1-7-20-42-31(11-1)34-15-9-17-39(48(34)59-42)55(38-16-10-22-46-47(38)35-14-4-8-21-43(35)58-46)51-53-49(29-23-25-44-36(27-29)32-12-2-5-18-40(32)56-44)52-50(54-51)30-24-26-45-37(28-30)33-13-3-6-19-41(33)57-45/h1-28H. The van der Waals surface area contributed by atoms with E-state index >= 15 is 0 Å². The number of anilines is 3. The lowest BCUT2D eigenvalue weighted by Crippen LogP contribution is -2.15. The van der Waals surface area contributed by atoms with Crippen LogP contribution in [-0.4, -0.2) is 15.0 Å². The number of aromatic nitrogens is 3. The van der Waals surface area contributed by atoms with E-state index in [1.54, 1.807) is 0 Å². The van der Waals surface area contributed by atoms with Crippen LogP contribution < -0.4 is 4.90 Å². The molecule has 0 aliphatic carbocycles. The summed E-state index contributed by atoms with van der Waals surface area (Å²) in [6.45, 7) is 0. The quantitative estimate of drug-likeness (QED) is 0.173. The second-order valence-corrected chi connectivity index (χ2v) is 19.0. The number of fused-ring (bicyclic) bond motifs is 12. The van der Waals surface area contributed by atoms with E-state index in [0.717, 1.165) is 22.5 Å². The minimum absolute atomic E-state index is 0.572. The molecule has 0 aliphatic rings. The van der Waals surface area contributed by atoms with Crippen LogP contribution in [0.5, 0.6) is 0 Å². The van der Waals surface area contributed by atoms with Crippen molar-refractivity contribution in [2.24, 2.45) is 0 Å². The molecule has 0 fully saturated rings. The summed E-state index contributed by atoms with van der Waals surface area (Å²) in [6.07, 6.45) is 0. The molecule has 0 aliphatic heterocycles. The van der Waals surface area contributed by atoms with Gasteiger partial charge in [-0.3, -0.25) is 4.90 Å². The van der Waals surface area contributed by atoms with Crippen molar-refractivity contribution in [3.63, 3.8) is 0 Å². The molecule has 276 valence electrons. The van der Waals surface area contributed by atoms with Crippen LogP contribution in [0.1, 0.15) is 0 Å². The lowest BCUT2D eigenvalue weighted by Gasteiger charge is -2.25. The Labute approximate surface area is 353 Å². The molecule has 5 heterocycles. The van der Waals surface area contributed by atoms with Crippen molar-refractivity contribution >= 4 is 143 Å². The summed E-state index contributed by atoms with van der Waals surface area (Å²) in [5.74, 6) is 1.84. The number of hydrogen-bond donors (Lipinski definition) is 0. The maximum Gasteiger partial charge on any atom is 0.238 e. The summed E-state index contributed by atoms with van der Waals surface area (Å²) in [6, 6.07) is 61.2. The lowest BCUT2D eigenvalue weighted by atomic mass is 10.1.